The van der Waals surface area contributed by atoms with Crippen molar-refractivity contribution in [2.24, 2.45) is 12.5 Å². The number of hydrogen-bond donors (Lipinski definition) is 1. The van der Waals surface area contributed by atoms with Gasteiger partial charge in [0.2, 0.25) is 0 Å². The molecular formula is C18H19NO4S. The van der Waals surface area contributed by atoms with Crippen LogP contribution in [0.2, 0.25) is 0 Å². The minimum absolute atomic E-state index is 0.0447. The molecule has 126 valence electrons. The topological polar surface area (TPSA) is 76.4 Å². The van der Waals surface area contributed by atoms with Crippen LogP contribution in [0.5, 0.6) is 0 Å². The summed E-state index contributed by atoms with van der Waals surface area (Å²) in [7, 11) is 1.63. The third kappa shape index (κ3) is 3.89. The number of rotatable bonds is 3. The predicted molar refractivity (Wildman–Crippen MR) is 94.7 cm³/mol. The minimum Gasteiger partial charge on any atom is -0.478 e. The summed E-state index contributed by atoms with van der Waals surface area (Å²) in [5.74, 6) is -1.04. The maximum atomic E-state index is 12.3. The standard InChI is InChI=1S/C18H19NO4S/c1-18(2,3)14(20)10-15-19(4)16(21)13(24-15)9-11-5-7-12(8-6-11)17(22)23/h5-10H,1-4H3,(H,22,23)/b13-9+,15-10-. The number of carboxylic acid groups (broad SMARTS) is 1. The quantitative estimate of drug-likeness (QED) is 0.911. The van der Waals surface area contributed by atoms with Crippen LogP contribution in [0.1, 0.15) is 36.7 Å². The van der Waals surface area contributed by atoms with Crippen LogP contribution in [0.15, 0.2) is 29.1 Å². The third-order valence-corrected chi connectivity index (χ3v) is 4.62. The number of nitrogens with zero attached hydrogens (tertiary/aromatic N) is 1. The Balaban J connectivity index is 2.51. The number of aromatic nitrogens is 1. The van der Waals surface area contributed by atoms with E-state index in [-0.39, 0.29) is 16.9 Å². The molecule has 6 heteroatoms. The number of hydrogen-bond acceptors (Lipinski definition) is 4. The van der Waals surface area contributed by atoms with Crippen LogP contribution in [0.4, 0.5) is 0 Å². The molecule has 1 aromatic carbocycles. The highest BCUT2D eigenvalue weighted by molar-refractivity contribution is 7.07. The monoisotopic (exact) mass is 345 g/mol. The molecule has 1 heterocycles. The fourth-order valence-corrected chi connectivity index (χ4v) is 2.94. The lowest BCUT2D eigenvalue weighted by Gasteiger charge is -2.12. The van der Waals surface area contributed by atoms with Crippen molar-refractivity contribution in [2.45, 2.75) is 20.8 Å². The minimum atomic E-state index is -0.994. The molecule has 0 amide bonds. The molecule has 0 atom stereocenters. The van der Waals surface area contributed by atoms with Gasteiger partial charge < -0.3 is 9.67 Å². The van der Waals surface area contributed by atoms with Gasteiger partial charge in [-0.25, -0.2) is 4.79 Å². The molecule has 0 saturated heterocycles. The fraction of sp³-hybridized carbons (Fsp3) is 0.278. The van der Waals surface area contributed by atoms with Gasteiger partial charge in [0, 0.05) is 18.5 Å². The van der Waals surface area contributed by atoms with Crippen LogP contribution >= 0.6 is 11.3 Å². The van der Waals surface area contributed by atoms with Crippen molar-refractivity contribution in [2.75, 3.05) is 0 Å². The SMILES string of the molecule is Cn1c(=O)/c(=C\c2ccc(C(=O)O)cc2)s/c1=C\C(=O)C(C)(C)C. The van der Waals surface area contributed by atoms with Gasteiger partial charge in [0.25, 0.3) is 5.56 Å². The zero-order chi connectivity index (χ0) is 18.1. The van der Waals surface area contributed by atoms with Crippen LogP contribution in [0.3, 0.4) is 0 Å². The Hall–Kier alpha value is -2.47. The van der Waals surface area contributed by atoms with Crippen molar-refractivity contribution in [1.82, 2.24) is 4.57 Å². The number of thiazole rings is 1. The van der Waals surface area contributed by atoms with Gasteiger partial charge in [-0.1, -0.05) is 32.9 Å². The number of Topliss-reactive ketones (excluding diaryl/α,β-unsaturated/α-hetero) is 1. The van der Waals surface area contributed by atoms with E-state index in [0.717, 1.165) is 5.56 Å². The number of carbonyl (C=O) groups is 2. The van der Waals surface area contributed by atoms with Crippen molar-refractivity contribution in [3.8, 4) is 0 Å². The van der Waals surface area contributed by atoms with Gasteiger partial charge in [-0.05, 0) is 23.8 Å². The number of carbonyl (C=O) groups excluding carboxylic acids is 1. The van der Waals surface area contributed by atoms with Crippen LogP contribution in [-0.2, 0) is 11.8 Å². The first-order chi connectivity index (χ1) is 11.1. The Morgan fingerprint density at radius 3 is 2.25 bits per heavy atom. The molecule has 0 aliphatic rings. The first-order valence-electron chi connectivity index (χ1n) is 7.36. The zero-order valence-corrected chi connectivity index (χ0v) is 14.8. The third-order valence-electron chi connectivity index (χ3n) is 3.51. The second-order valence-corrected chi connectivity index (χ2v) is 7.56. The molecule has 0 bridgehead atoms. The van der Waals surface area contributed by atoms with Crippen molar-refractivity contribution < 1.29 is 14.7 Å². The second kappa shape index (κ2) is 6.57. The summed E-state index contributed by atoms with van der Waals surface area (Å²) in [4.78, 5) is 35.3. The van der Waals surface area contributed by atoms with E-state index < -0.39 is 11.4 Å². The summed E-state index contributed by atoms with van der Waals surface area (Å²) in [5.41, 5.74) is 0.232. The molecule has 0 aliphatic carbocycles. The van der Waals surface area contributed by atoms with E-state index >= 15 is 0 Å². The normalized spacial score (nSPS) is 13.3. The van der Waals surface area contributed by atoms with Crippen LogP contribution < -0.4 is 14.8 Å². The predicted octanol–water partition coefficient (Wildman–Crippen LogP) is 1.37. The molecule has 0 radical (unpaired) electrons. The van der Waals surface area contributed by atoms with E-state index in [2.05, 4.69) is 0 Å². The van der Waals surface area contributed by atoms with Crippen LogP contribution in [0, 0.1) is 5.41 Å². The van der Waals surface area contributed by atoms with Crippen LogP contribution in [0.25, 0.3) is 12.2 Å². The van der Waals surface area contributed by atoms with E-state index in [9.17, 15) is 14.4 Å². The molecule has 0 spiro atoms. The van der Waals surface area contributed by atoms with E-state index in [0.29, 0.717) is 9.20 Å². The van der Waals surface area contributed by atoms with E-state index in [4.69, 9.17) is 5.11 Å². The molecule has 0 saturated carbocycles. The van der Waals surface area contributed by atoms with Crippen molar-refractivity contribution in [3.05, 3.63) is 54.9 Å². The first-order valence-corrected chi connectivity index (χ1v) is 8.18. The number of benzene rings is 1. The largest absolute Gasteiger partial charge is 0.478 e. The molecule has 2 aromatic rings. The summed E-state index contributed by atoms with van der Waals surface area (Å²) in [6.45, 7) is 5.48. The van der Waals surface area contributed by atoms with Gasteiger partial charge in [0.05, 0.1) is 10.1 Å². The van der Waals surface area contributed by atoms with Gasteiger partial charge >= 0.3 is 5.97 Å². The molecule has 1 N–H and O–H groups in total. The highest BCUT2D eigenvalue weighted by Crippen LogP contribution is 2.14. The van der Waals surface area contributed by atoms with E-state index in [1.165, 1.54) is 34.1 Å². The smallest absolute Gasteiger partial charge is 0.335 e. The molecule has 24 heavy (non-hydrogen) atoms. The summed E-state index contributed by atoms with van der Waals surface area (Å²) in [6.07, 6.45) is 3.19. The second-order valence-electron chi connectivity index (χ2n) is 6.50. The molecule has 0 fully saturated rings. The Bertz CT molecular complexity index is 956. The van der Waals surface area contributed by atoms with Crippen molar-refractivity contribution in [3.63, 3.8) is 0 Å². The van der Waals surface area contributed by atoms with Gasteiger partial charge in [0.1, 0.15) is 4.66 Å². The molecule has 0 aliphatic heterocycles. The lowest BCUT2D eigenvalue weighted by Crippen LogP contribution is -2.30. The number of carboxylic acids is 1. The Morgan fingerprint density at radius 2 is 1.75 bits per heavy atom. The highest BCUT2D eigenvalue weighted by Gasteiger charge is 2.19. The first kappa shape index (κ1) is 17.9. The summed E-state index contributed by atoms with van der Waals surface area (Å²) < 4.78 is 2.54. The summed E-state index contributed by atoms with van der Waals surface area (Å²) in [5, 5.41) is 8.90. The average molecular weight is 345 g/mol. The zero-order valence-electron chi connectivity index (χ0n) is 14.0. The van der Waals surface area contributed by atoms with Gasteiger partial charge in [0.15, 0.2) is 5.78 Å². The molecule has 2 rings (SSSR count). The summed E-state index contributed by atoms with van der Waals surface area (Å²) >= 11 is 1.24. The van der Waals surface area contributed by atoms with E-state index in [1.807, 2.05) is 20.8 Å². The molecule has 1 aromatic heterocycles. The van der Waals surface area contributed by atoms with Crippen molar-refractivity contribution >= 4 is 35.2 Å². The van der Waals surface area contributed by atoms with E-state index in [1.54, 1.807) is 25.3 Å². The maximum absolute atomic E-state index is 12.3. The Labute approximate surface area is 143 Å². The molecule has 5 nitrogen and oxygen atoms in total. The summed E-state index contributed by atoms with van der Waals surface area (Å²) in [6, 6.07) is 6.27. The fourth-order valence-electron chi connectivity index (χ4n) is 1.91. The number of ketones is 1. The average Bonchev–Trinajstić information content (AvgIpc) is 2.75. The van der Waals surface area contributed by atoms with Gasteiger partial charge in [-0.15, -0.1) is 11.3 Å². The highest BCUT2D eigenvalue weighted by atomic mass is 32.1. The van der Waals surface area contributed by atoms with Gasteiger partial charge in [-0.3, -0.25) is 9.59 Å². The lowest BCUT2D eigenvalue weighted by atomic mass is 9.91. The maximum Gasteiger partial charge on any atom is 0.335 e. The Morgan fingerprint density at radius 1 is 1.17 bits per heavy atom. The Kier molecular flexibility index (Phi) is 4.89. The molecule has 0 unspecified atom stereocenters. The lowest BCUT2D eigenvalue weighted by molar-refractivity contribution is -0.120. The number of aromatic carboxylic acids is 1. The van der Waals surface area contributed by atoms with Crippen LogP contribution in [-0.4, -0.2) is 21.4 Å². The molecular weight excluding hydrogens is 326 g/mol. The van der Waals surface area contributed by atoms with Crippen molar-refractivity contribution in [1.29, 1.82) is 0 Å². The van der Waals surface area contributed by atoms with Gasteiger partial charge in [-0.2, -0.15) is 0 Å².